The summed E-state index contributed by atoms with van der Waals surface area (Å²) in [5.74, 6) is 0. The minimum absolute atomic E-state index is 0.343. The van der Waals surface area contributed by atoms with Crippen molar-refractivity contribution in [1.82, 2.24) is 25.3 Å². The van der Waals surface area contributed by atoms with Crippen LogP contribution in [-0.2, 0) is 13.0 Å². The largest absolute Gasteiger partial charge is 0.310 e. The lowest BCUT2D eigenvalue weighted by Crippen LogP contribution is -2.21. The second kappa shape index (κ2) is 6.89. The SMILES string of the molecule is CCn1nc(C)c(C(C)NCCCc2cn[nH]c2C)c1C. The fourth-order valence-electron chi connectivity index (χ4n) is 2.97. The minimum atomic E-state index is 0.343. The van der Waals surface area contributed by atoms with E-state index in [-0.39, 0.29) is 0 Å². The average Bonchev–Trinajstić information content (AvgIpc) is 2.98. The number of hydrogen-bond acceptors (Lipinski definition) is 3. The molecule has 116 valence electrons. The lowest BCUT2D eigenvalue weighted by Gasteiger charge is -2.15. The second-order valence-corrected chi connectivity index (χ2v) is 5.70. The molecule has 0 aliphatic heterocycles. The average molecular weight is 289 g/mol. The normalized spacial score (nSPS) is 12.8. The molecular weight excluding hydrogens is 262 g/mol. The molecule has 2 rings (SSSR count). The van der Waals surface area contributed by atoms with Gasteiger partial charge in [-0.1, -0.05) is 0 Å². The van der Waals surface area contributed by atoms with Crippen molar-refractivity contribution in [2.45, 2.75) is 60.0 Å². The summed E-state index contributed by atoms with van der Waals surface area (Å²) in [6.45, 7) is 12.6. The maximum absolute atomic E-state index is 4.59. The molecule has 0 bridgehead atoms. The van der Waals surface area contributed by atoms with Gasteiger partial charge in [-0.05, 0) is 59.6 Å². The zero-order valence-corrected chi connectivity index (χ0v) is 13.8. The van der Waals surface area contributed by atoms with E-state index in [9.17, 15) is 0 Å². The van der Waals surface area contributed by atoms with E-state index < -0.39 is 0 Å². The number of hydrogen-bond donors (Lipinski definition) is 2. The summed E-state index contributed by atoms with van der Waals surface area (Å²) in [6.07, 6.45) is 4.11. The van der Waals surface area contributed by atoms with Crippen LogP contribution in [0.1, 0.15) is 54.5 Å². The molecule has 0 aliphatic carbocycles. The minimum Gasteiger partial charge on any atom is -0.310 e. The van der Waals surface area contributed by atoms with Crippen molar-refractivity contribution in [2.24, 2.45) is 0 Å². The van der Waals surface area contributed by atoms with Crippen LogP contribution in [0.2, 0.25) is 0 Å². The van der Waals surface area contributed by atoms with Gasteiger partial charge in [-0.3, -0.25) is 9.78 Å². The van der Waals surface area contributed by atoms with E-state index in [1.165, 1.54) is 22.5 Å². The van der Waals surface area contributed by atoms with Crippen molar-refractivity contribution in [1.29, 1.82) is 0 Å². The number of H-pyrrole nitrogens is 1. The van der Waals surface area contributed by atoms with E-state index in [0.29, 0.717) is 6.04 Å². The van der Waals surface area contributed by atoms with Crippen LogP contribution < -0.4 is 5.32 Å². The Bertz CT molecular complexity index is 582. The molecule has 0 fully saturated rings. The van der Waals surface area contributed by atoms with Crippen LogP contribution in [0.5, 0.6) is 0 Å². The lowest BCUT2D eigenvalue weighted by molar-refractivity contribution is 0.551. The van der Waals surface area contributed by atoms with Crippen molar-refractivity contribution >= 4 is 0 Å². The number of aromatic amines is 1. The van der Waals surface area contributed by atoms with Gasteiger partial charge in [0.15, 0.2) is 0 Å². The molecule has 2 aromatic heterocycles. The predicted molar refractivity (Wildman–Crippen MR) is 85.4 cm³/mol. The summed E-state index contributed by atoms with van der Waals surface area (Å²) in [6, 6.07) is 0.343. The van der Waals surface area contributed by atoms with Crippen molar-refractivity contribution in [2.75, 3.05) is 6.54 Å². The van der Waals surface area contributed by atoms with Crippen LogP contribution in [0.4, 0.5) is 0 Å². The van der Waals surface area contributed by atoms with E-state index in [1.807, 2.05) is 6.20 Å². The van der Waals surface area contributed by atoms with Gasteiger partial charge in [-0.2, -0.15) is 10.2 Å². The molecule has 0 amide bonds. The van der Waals surface area contributed by atoms with Gasteiger partial charge in [-0.25, -0.2) is 0 Å². The number of aromatic nitrogens is 4. The third-order valence-corrected chi connectivity index (χ3v) is 4.18. The van der Waals surface area contributed by atoms with Gasteiger partial charge in [0.2, 0.25) is 0 Å². The Hall–Kier alpha value is -1.62. The summed E-state index contributed by atoms with van der Waals surface area (Å²) >= 11 is 0. The molecule has 21 heavy (non-hydrogen) atoms. The summed E-state index contributed by atoms with van der Waals surface area (Å²) in [7, 11) is 0. The molecular formula is C16H27N5. The standard InChI is InChI=1S/C16H27N5/c1-6-21-14(5)16(13(4)20-21)12(3)17-9-7-8-15-10-18-19-11(15)2/h10,12,17H,6-9H2,1-5H3,(H,18,19). The molecule has 0 spiro atoms. The van der Waals surface area contributed by atoms with Gasteiger partial charge in [0.05, 0.1) is 11.9 Å². The van der Waals surface area contributed by atoms with Crippen molar-refractivity contribution in [3.05, 3.63) is 34.4 Å². The third-order valence-electron chi connectivity index (χ3n) is 4.18. The van der Waals surface area contributed by atoms with Crippen LogP contribution in [0, 0.1) is 20.8 Å². The highest BCUT2D eigenvalue weighted by Gasteiger charge is 2.16. The van der Waals surface area contributed by atoms with Gasteiger partial charge < -0.3 is 5.32 Å². The Balaban J connectivity index is 1.86. The van der Waals surface area contributed by atoms with Crippen LogP contribution in [0.15, 0.2) is 6.20 Å². The van der Waals surface area contributed by atoms with E-state index in [0.717, 1.165) is 31.6 Å². The maximum atomic E-state index is 4.59. The van der Waals surface area contributed by atoms with E-state index in [1.54, 1.807) is 0 Å². The first-order chi connectivity index (χ1) is 10.0. The Kier molecular flexibility index (Phi) is 5.17. The lowest BCUT2D eigenvalue weighted by atomic mass is 10.1. The molecule has 2 N–H and O–H groups in total. The molecule has 0 radical (unpaired) electrons. The number of rotatable bonds is 7. The number of nitrogens with zero attached hydrogens (tertiary/aromatic N) is 3. The summed E-state index contributed by atoms with van der Waals surface area (Å²) in [5, 5.41) is 15.3. The molecule has 2 aromatic rings. The molecule has 0 saturated carbocycles. The van der Waals surface area contributed by atoms with E-state index in [4.69, 9.17) is 0 Å². The van der Waals surface area contributed by atoms with Crippen molar-refractivity contribution < 1.29 is 0 Å². The van der Waals surface area contributed by atoms with Crippen LogP contribution in [0.25, 0.3) is 0 Å². The highest BCUT2D eigenvalue weighted by atomic mass is 15.3. The van der Waals surface area contributed by atoms with Gasteiger partial charge in [0.25, 0.3) is 0 Å². The zero-order valence-electron chi connectivity index (χ0n) is 13.8. The number of nitrogens with one attached hydrogen (secondary N) is 2. The molecule has 0 saturated heterocycles. The smallest absolute Gasteiger partial charge is 0.0644 e. The zero-order chi connectivity index (χ0) is 15.4. The molecule has 1 unspecified atom stereocenters. The van der Waals surface area contributed by atoms with E-state index >= 15 is 0 Å². The van der Waals surface area contributed by atoms with E-state index in [2.05, 4.69) is 59.9 Å². The van der Waals surface area contributed by atoms with Gasteiger partial charge in [-0.15, -0.1) is 0 Å². The fraction of sp³-hybridized carbons (Fsp3) is 0.625. The number of aryl methyl sites for hydroxylation is 4. The Morgan fingerprint density at radius 3 is 2.67 bits per heavy atom. The Morgan fingerprint density at radius 2 is 2.10 bits per heavy atom. The molecule has 0 aliphatic rings. The third kappa shape index (κ3) is 3.53. The summed E-state index contributed by atoms with van der Waals surface area (Å²) in [4.78, 5) is 0. The van der Waals surface area contributed by atoms with Crippen LogP contribution in [0.3, 0.4) is 0 Å². The molecule has 5 heteroatoms. The summed E-state index contributed by atoms with van der Waals surface area (Å²) in [5.41, 5.74) is 6.26. The first kappa shape index (κ1) is 15.8. The van der Waals surface area contributed by atoms with Crippen molar-refractivity contribution in [3.8, 4) is 0 Å². The molecule has 5 nitrogen and oxygen atoms in total. The van der Waals surface area contributed by atoms with Gasteiger partial charge >= 0.3 is 0 Å². The molecule has 1 atom stereocenters. The van der Waals surface area contributed by atoms with Gasteiger partial charge in [0, 0.05) is 29.5 Å². The van der Waals surface area contributed by atoms with Crippen LogP contribution in [-0.4, -0.2) is 26.5 Å². The van der Waals surface area contributed by atoms with Crippen molar-refractivity contribution in [3.63, 3.8) is 0 Å². The summed E-state index contributed by atoms with van der Waals surface area (Å²) < 4.78 is 2.08. The first-order valence-electron chi connectivity index (χ1n) is 7.80. The Morgan fingerprint density at radius 1 is 1.33 bits per heavy atom. The maximum Gasteiger partial charge on any atom is 0.0644 e. The Labute approximate surface area is 127 Å². The monoisotopic (exact) mass is 289 g/mol. The van der Waals surface area contributed by atoms with Crippen LogP contribution >= 0.6 is 0 Å². The van der Waals surface area contributed by atoms with Gasteiger partial charge in [0.1, 0.15) is 0 Å². The highest BCUT2D eigenvalue weighted by Crippen LogP contribution is 2.21. The fourth-order valence-corrected chi connectivity index (χ4v) is 2.97. The second-order valence-electron chi connectivity index (χ2n) is 5.70. The first-order valence-corrected chi connectivity index (χ1v) is 7.80. The molecule has 0 aromatic carbocycles. The topological polar surface area (TPSA) is 58.5 Å². The highest BCUT2D eigenvalue weighted by molar-refractivity contribution is 5.27. The molecule has 2 heterocycles. The quantitative estimate of drug-likeness (QED) is 0.771. The predicted octanol–water partition coefficient (Wildman–Crippen LogP) is 2.83.